The van der Waals surface area contributed by atoms with Crippen molar-refractivity contribution in [2.75, 3.05) is 13.6 Å². The van der Waals surface area contributed by atoms with Crippen molar-refractivity contribution in [3.63, 3.8) is 0 Å². The molecule has 2 saturated carbocycles. The molecule has 0 saturated heterocycles. The van der Waals surface area contributed by atoms with Gasteiger partial charge in [-0.1, -0.05) is 19.3 Å². The topological polar surface area (TPSA) is 41.6 Å². The highest BCUT2D eigenvalue weighted by molar-refractivity contribution is 5.78. The number of rotatable bonds is 3. The molecule has 0 radical (unpaired) electrons. The van der Waals surface area contributed by atoms with E-state index in [1.807, 2.05) is 0 Å². The van der Waals surface area contributed by atoms with Crippen molar-refractivity contribution in [3.8, 4) is 0 Å². The lowest BCUT2D eigenvalue weighted by Crippen LogP contribution is -2.36. The Kier molecular flexibility index (Phi) is 3.49. The first-order valence-corrected chi connectivity index (χ1v) is 6.30. The molecular weight excluding hydrogens is 186 g/mol. The van der Waals surface area contributed by atoms with Crippen LogP contribution in [0.5, 0.6) is 0 Å². The summed E-state index contributed by atoms with van der Waals surface area (Å²) in [6, 6.07) is 0.500. The third kappa shape index (κ3) is 3.40. The third-order valence-electron chi connectivity index (χ3n) is 3.51. The molecule has 0 spiro atoms. The molecule has 2 fully saturated rings. The highest BCUT2D eigenvalue weighted by Crippen LogP contribution is 2.29. The van der Waals surface area contributed by atoms with Crippen LogP contribution >= 0.6 is 0 Å². The van der Waals surface area contributed by atoms with Crippen molar-refractivity contribution >= 4 is 5.96 Å². The maximum absolute atomic E-state index is 6.00. The molecule has 0 bridgehead atoms. The van der Waals surface area contributed by atoms with Gasteiger partial charge < -0.3 is 10.6 Å². The molecule has 0 unspecified atom stereocenters. The minimum atomic E-state index is 0.500. The standard InChI is InChI=1S/C12H23N3/c1-15(9-10-7-8-10)12(13)14-11-5-3-2-4-6-11/h10-11H,2-9H2,1H3,(H2,13,14). The normalized spacial score (nSPS) is 24.2. The van der Waals surface area contributed by atoms with Gasteiger partial charge in [0.05, 0.1) is 6.04 Å². The SMILES string of the molecule is CN(CC1CC1)C(N)=NC1CCCCC1. The van der Waals surface area contributed by atoms with Gasteiger partial charge in [-0.2, -0.15) is 0 Å². The number of guanidine groups is 1. The zero-order chi connectivity index (χ0) is 10.7. The zero-order valence-corrected chi connectivity index (χ0v) is 9.78. The Morgan fingerprint density at radius 3 is 2.47 bits per heavy atom. The van der Waals surface area contributed by atoms with Gasteiger partial charge in [-0.25, -0.2) is 4.99 Å². The van der Waals surface area contributed by atoms with Crippen LogP contribution in [0.25, 0.3) is 0 Å². The monoisotopic (exact) mass is 209 g/mol. The van der Waals surface area contributed by atoms with E-state index in [1.54, 1.807) is 0 Å². The fraction of sp³-hybridized carbons (Fsp3) is 0.917. The molecule has 3 heteroatoms. The van der Waals surface area contributed by atoms with Crippen LogP contribution in [0.3, 0.4) is 0 Å². The van der Waals surface area contributed by atoms with Gasteiger partial charge in [0.25, 0.3) is 0 Å². The van der Waals surface area contributed by atoms with Crippen molar-refractivity contribution in [3.05, 3.63) is 0 Å². The molecule has 0 aromatic carbocycles. The first-order chi connectivity index (χ1) is 7.25. The van der Waals surface area contributed by atoms with Gasteiger partial charge >= 0.3 is 0 Å². The lowest BCUT2D eigenvalue weighted by atomic mass is 9.96. The molecule has 2 rings (SSSR count). The molecule has 3 nitrogen and oxygen atoms in total. The minimum absolute atomic E-state index is 0.500. The van der Waals surface area contributed by atoms with Crippen molar-refractivity contribution in [2.24, 2.45) is 16.6 Å². The van der Waals surface area contributed by atoms with Gasteiger partial charge in [-0.15, -0.1) is 0 Å². The molecule has 2 N–H and O–H groups in total. The summed E-state index contributed by atoms with van der Waals surface area (Å²) in [6.45, 7) is 1.10. The van der Waals surface area contributed by atoms with E-state index in [1.165, 1.54) is 44.9 Å². The summed E-state index contributed by atoms with van der Waals surface area (Å²) < 4.78 is 0. The third-order valence-corrected chi connectivity index (χ3v) is 3.51. The molecule has 0 heterocycles. The lowest BCUT2D eigenvalue weighted by Gasteiger charge is -2.22. The fourth-order valence-corrected chi connectivity index (χ4v) is 2.28. The average molecular weight is 209 g/mol. The molecule has 86 valence electrons. The predicted octanol–water partition coefficient (Wildman–Crippen LogP) is 1.98. The number of hydrogen-bond donors (Lipinski definition) is 1. The van der Waals surface area contributed by atoms with E-state index in [2.05, 4.69) is 16.9 Å². The van der Waals surface area contributed by atoms with Crippen LogP contribution in [0.15, 0.2) is 4.99 Å². The van der Waals surface area contributed by atoms with Crippen LogP contribution in [-0.4, -0.2) is 30.5 Å². The Labute approximate surface area is 92.7 Å². The van der Waals surface area contributed by atoms with Crippen molar-refractivity contribution in [1.29, 1.82) is 0 Å². The van der Waals surface area contributed by atoms with Gasteiger partial charge in [0.15, 0.2) is 5.96 Å². The van der Waals surface area contributed by atoms with Crippen LogP contribution < -0.4 is 5.73 Å². The Balaban J connectivity index is 1.80. The van der Waals surface area contributed by atoms with Gasteiger partial charge in [-0.05, 0) is 31.6 Å². The van der Waals surface area contributed by atoms with Gasteiger partial charge in [0.1, 0.15) is 0 Å². The van der Waals surface area contributed by atoms with E-state index in [0.29, 0.717) is 6.04 Å². The van der Waals surface area contributed by atoms with E-state index in [-0.39, 0.29) is 0 Å². The average Bonchev–Trinajstić information content (AvgIpc) is 3.03. The van der Waals surface area contributed by atoms with Crippen LogP contribution in [0.2, 0.25) is 0 Å². The van der Waals surface area contributed by atoms with Crippen molar-refractivity contribution in [1.82, 2.24) is 4.90 Å². The summed E-state index contributed by atoms with van der Waals surface area (Å²) in [5.41, 5.74) is 6.00. The molecule has 0 amide bonds. The summed E-state index contributed by atoms with van der Waals surface area (Å²) in [6.07, 6.45) is 9.25. The molecule has 2 aliphatic carbocycles. The van der Waals surface area contributed by atoms with E-state index in [9.17, 15) is 0 Å². The number of nitrogens with two attached hydrogens (primary N) is 1. The lowest BCUT2D eigenvalue weighted by molar-refractivity contribution is 0.424. The number of hydrogen-bond acceptors (Lipinski definition) is 1. The highest BCUT2D eigenvalue weighted by atomic mass is 15.2. The Morgan fingerprint density at radius 1 is 1.20 bits per heavy atom. The van der Waals surface area contributed by atoms with Crippen molar-refractivity contribution in [2.45, 2.75) is 51.0 Å². The molecule has 0 aromatic rings. The van der Waals surface area contributed by atoms with E-state index in [0.717, 1.165) is 18.4 Å². The summed E-state index contributed by atoms with van der Waals surface area (Å²) in [5, 5.41) is 0. The van der Waals surface area contributed by atoms with E-state index >= 15 is 0 Å². The molecule has 15 heavy (non-hydrogen) atoms. The number of nitrogens with zero attached hydrogens (tertiary/aromatic N) is 2. The maximum atomic E-state index is 6.00. The Morgan fingerprint density at radius 2 is 1.87 bits per heavy atom. The molecule has 0 atom stereocenters. The van der Waals surface area contributed by atoms with Crippen LogP contribution in [0.4, 0.5) is 0 Å². The predicted molar refractivity (Wildman–Crippen MR) is 63.8 cm³/mol. The largest absolute Gasteiger partial charge is 0.370 e. The van der Waals surface area contributed by atoms with E-state index in [4.69, 9.17) is 5.73 Å². The van der Waals surface area contributed by atoms with Gasteiger partial charge in [0.2, 0.25) is 0 Å². The maximum Gasteiger partial charge on any atom is 0.191 e. The Hall–Kier alpha value is -0.730. The smallest absolute Gasteiger partial charge is 0.191 e. The number of aliphatic imine (C=N–C) groups is 1. The molecule has 2 aliphatic rings. The minimum Gasteiger partial charge on any atom is -0.370 e. The molecular formula is C12H23N3. The Bertz CT molecular complexity index is 227. The quantitative estimate of drug-likeness (QED) is 0.570. The van der Waals surface area contributed by atoms with Crippen molar-refractivity contribution < 1.29 is 0 Å². The second-order valence-electron chi connectivity index (χ2n) is 5.10. The van der Waals surface area contributed by atoms with Gasteiger partial charge in [-0.3, -0.25) is 0 Å². The fourth-order valence-electron chi connectivity index (χ4n) is 2.28. The summed E-state index contributed by atoms with van der Waals surface area (Å²) in [5.74, 6) is 1.64. The molecule has 0 aliphatic heterocycles. The van der Waals surface area contributed by atoms with Crippen LogP contribution in [0, 0.1) is 5.92 Å². The van der Waals surface area contributed by atoms with Crippen LogP contribution in [0.1, 0.15) is 44.9 Å². The summed E-state index contributed by atoms with van der Waals surface area (Å²) in [4.78, 5) is 6.77. The van der Waals surface area contributed by atoms with Crippen LogP contribution in [-0.2, 0) is 0 Å². The summed E-state index contributed by atoms with van der Waals surface area (Å²) in [7, 11) is 2.07. The second kappa shape index (κ2) is 4.86. The first kappa shape index (κ1) is 10.8. The van der Waals surface area contributed by atoms with E-state index < -0.39 is 0 Å². The second-order valence-corrected chi connectivity index (χ2v) is 5.10. The summed E-state index contributed by atoms with van der Waals surface area (Å²) >= 11 is 0. The highest BCUT2D eigenvalue weighted by Gasteiger charge is 2.23. The first-order valence-electron chi connectivity index (χ1n) is 6.30. The van der Waals surface area contributed by atoms with Gasteiger partial charge in [0, 0.05) is 13.6 Å². The zero-order valence-electron chi connectivity index (χ0n) is 9.78. The molecule has 0 aromatic heterocycles.